The summed E-state index contributed by atoms with van der Waals surface area (Å²) in [4.78, 5) is 16.2. The molecule has 0 bridgehead atoms. The van der Waals surface area contributed by atoms with E-state index in [1.54, 1.807) is 11.0 Å². The fourth-order valence-corrected chi connectivity index (χ4v) is 3.25. The Morgan fingerprint density at radius 3 is 3.17 bits per heavy atom. The fourth-order valence-electron chi connectivity index (χ4n) is 3.25. The number of hydrogen-bond donors (Lipinski definition) is 2. The normalized spacial score (nSPS) is 19.0. The second-order valence-corrected chi connectivity index (χ2v) is 6.57. The number of nitrogens with zero attached hydrogens (tertiary/aromatic N) is 3. The van der Waals surface area contributed by atoms with E-state index in [0.717, 1.165) is 24.3 Å². The molecule has 1 aromatic carbocycles. The summed E-state index contributed by atoms with van der Waals surface area (Å²) in [7, 11) is 0. The van der Waals surface area contributed by atoms with Gasteiger partial charge >= 0.3 is 0 Å². The lowest BCUT2D eigenvalue weighted by Crippen LogP contribution is -2.35. The predicted molar refractivity (Wildman–Crippen MR) is 92.6 cm³/mol. The largest absolute Gasteiger partial charge is 0.352 e. The first-order valence-corrected chi connectivity index (χ1v) is 8.64. The maximum Gasteiger partial charge on any atom is 0.220 e. The van der Waals surface area contributed by atoms with Gasteiger partial charge in [-0.15, -0.1) is 0 Å². The van der Waals surface area contributed by atoms with Gasteiger partial charge in [-0.25, -0.2) is 9.67 Å². The minimum Gasteiger partial charge on any atom is -0.352 e. The molecule has 1 amide bonds. The van der Waals surface area contributed by atoms with Crippen LogP contribution in [0.1, 0.15) is 31.7 Å². The number of carbonyl (C=O) groups excluding carboxylic acids is 1. The van der Waals surface area contributed by atoms with Gasteiger partial charge < -0.3 is 10.6 Å². The Morgan fingerprint density at radius 1 is 1.50 bits per heavy atom. The molecule has 2 heterocycles. The maximum absolute atomic E-state index is 12.2. The van der Waals surface area contributed by atoms with Crippen LogP contribution in [0.3, 0.4) is 0 Å². The van der Waals surface area contributed by atoms with Crippen LogP contribution in [-0.4, -0.2) is 33.8 Å². The molecule has 2 aromatic rings. The van der Waals surface area contributed by atoms with Gasteiger partial charge in [0.25, 0.3) is 0 Å². The van der Waals surface area contributed by atoms with E-state index in [-0.39, 0.29) is 5.91 Å². The molecule has 0 aliphatic carbocycles. The van der Waals surface area contributed by atoms with Crippen LogP contribution in [0.4, 0.5) is 0 Å². The molecule has 1 aromatic heterocycles. The molecule has 6 heteroatoms. The average molecular weight is 327 g/mol. The van der Waals surface area contributed by atoms with Crippen molar-refractivity contribution in [1.29, 1.82) is 0 Å². The standard InChI is InChI=1S/C18H25N5O/c1-14(16-5-3-7-19-11-16)8-18(24)21-10-15-4-2-6-17(9-15)23-13-20-12-22-23/h2,4,6,9,12-14,16,19H,3,5,7-8,10-11H2,1H3,(H,21,24). The van der Waals surface area contributed by atoms with Gasteiger partial charge in [-0.2, -0.15) is 5.10 Å². The van der Waals surface area contributed by atoms with Crippen molar-refractivity contribution in [3.63, 3.8) is 0 Å². The van der Waals surface area contributed by atoms with Crippen LogP contribution in [0, 0.1) is 11.8 Å². The molecule has 2 unspecified atom stereocenters. The summed E-state index contributed by atoms with van der Waals surface area (Å²) in [5.41, 5.74) is 2.00. The van der Waals surface area contributed by atoms with Crippen LogP contribution >= 0.6 is 0 Å². The Kier molecular flexibility index (Phi) is 5.59. The van der Waals surface area contributed by atoms with E-state index in [0.29, 0.717) is 24.8 Å². The minimum absolute atomic E-state index is 0.124. The summed E-state index contributed by atoms with van der Waals surface area (Å²) in [6.07, 6.45) is 6.20. The molecule has 0 radical (unpaired) electrons. The Labute approximate surface area is 142 Å². The second kappa shape index (κ2) is 8.06. The lowest BCUT2D eigenvalue weighted by molar-refractivity contribution is -0.122. The number of amides is 1. The van der Waals surface area contributed by atoms with E-state index in [2.05, 4.69) is 27.6 Å². The van der Waals surface area contributed by atoms with Gasteiger partial charge in [0.05, 0.1) is 5.69 Å². The molecule has 128 valence electrons. The average Bonchev–Trinajstić information content (AvgIpc) is 3.16. The topological polar surface area (TPSA) is 71.8 Å². The Hall–Kier alpha value is -2.21. The van der Waals surface area contributed by atoms with Gasteiger partial charge in [0.2, 0.25) is 5.91 Å². The van der Waals surface area contributed by atoms with Gasteiger partial charge in [-0.1, -0.05) is 19.1 Å². The van der Waals surface area contributed by atoms with Crippen LogP contribution in [-0.2, 0) is 11.3 Å². The van der Waals surface area contributed by atoms with Gasteiger partial charge in [-0.3, -0.25) is 4.79 Å². The monoisotopic (exact) mass is 327 g/mol. The molecule has 0 saturated carbocycles. The molecule has 2 N–H and O–H groups in total. The van der Waals surface area contributed by atoms with Crippen molar-refractivity contribution >= 4 is 5.91 Å². The summed E-state index contributed by atoms with van der Waals surface area (Å²) < 4.78 is 1.71. The first-order valence-electron chi connectivity index (χ1n) is 8.64. The SMILES string of the molecule is CC(CC(=O)NCc1cccc(-n2cncn2)c1)C1CCCNC1. The lowest BCUT2D eigenvalue weighted by Gasteiger charge is -2.28. The number of carbonyl (C=O) groups is 1. The molecule has 6 nitrogen and oxygen atoms in total. The van der Waals surface area contributed by atoms with Crippen LogP contribution in [0.25, 0.3) is 5.69 Å². The molecule has 1 aliphatic heterocycles. The third-order valence-electron chi connectivity index (χ3n) is 4.73. The summed E-state index contributed by atoms with van der Waals surface area (Å²) in [5, 5.41) is 10.6. The fraction of sp³-hybridized carbons (Fsp3) is 0.500. The molecule has 1 saturated heterocycles. The molecular formula is C18H25N5O. The minimum atomic E-state index is 0.124. The molecule has 24 heavy (non-hydrogen) atoms. The lowest BCUT2D eigenvalue weighted by atomic mass is 9.85. The predicted octanol–water partition coefficient (Wildman–Crippen LogP) is 1.91. The number of piperidine rings is 1. The van der Waals surface area contributed by atoms with Gasteiger partial charge in [-0.05, 0) is 55.5 Å². The number of benzene rings is 1. The highest BCUT2D eigenvalue weighted by Gasteiger charge is 2.21. The molecule has 0 spiro atoms. The number of nitrogens with one attached hydrogen (secondary N) is 2. The summed E-state index contributed by atoms with van der Waals surface area (Å²) >= 11 is 0. The summed E-state index contributed by atoms with van der Waals surface area (Å²) in [5.74, 6) is 1.15. The number of rotatable bonds is 6. The zero-order valence-corrected chi connectivity index (χ0v) is 14.1. The quantitative estimate of drug-likeness (QED) is 0.850. The van der Waals surface area contributed by atoms with Crippen molar-refractivity contribution in [3.8, 4) is 5.69 Å². The second-order valence-electron chi connectivity index (χ2n) is 6.57. The van der Waals surface area contributed by atoms with Crippen LogP contribution in [0.2, 0.25) is 0 Å². The smallest absolute Gasteiger partial charge is 0.220 e. The highest BCUT2D eigenvalue weighted by atomic mass is 16.1. The van der Waals surface area contributed by atoms with E-state index in [1.807, 2.05) is 24.3 Å². The van der Waals surface area contributed by atoms with E-state index >= 15 is 0 Å². The van der Waals surface area contributed by atoms with Gasteiger partial charge in [0, 0.05) is 13.0 Å². The Balaban J connectivity index is 1.50. The highest BCUT2D eigenvalue weighted by molar-refractivity contribution is 5.76. The zero-order valence-electron chi connectivity index (χ0n) is 14.1. The van der Waals surface area contributed by atoms with Gasteiger partial charge in [0.15, 0.2) is 0 Å². The van der Waals surface area contributed by atoms with Crippen LogP contribution in [0.5, 0.6) is 0 Å². The first-order chi connectivity index (χ1) is 11.7. The summed E-state index contributed by atoms with van der Waals surface area (Å²) in [6, 6.07) is 7.96. The van der Waals surface area contributed by atoms with E-state index in [1.165, 1.54) is 19.2 Å². The molecule has 3 rings (SSSR count). The summed E-state index contributed by atoms with van der Waals surface area (Å²) in [6.45, 7) is 4.87. The molecule has 1 aliphatic rings. The van der Waals surface area contributed by atoms with E-state index in [9.17, 15) is 4.79 Å². The van der Waals surface area contributed by atoms with Crippen molar-refractivity contribution in [2.45, 2.75) is 32.7 Å². The van der Waals surface area contributed by atoms with Crippen LogP contribution < -0.4 is 10.6 Å². The Bertz CT molecular complexity index is 649. The Morgan fingerprint density at radius 2 is 2.42 bits per heavy atom. The van der Waals surface area contributed by atoms with Gasteiger partial charge in [0.1, 0.15) is 12.7 Å². The third kappa shape index (κ3) is 4.41. The van der Waals surface area contributed by atoms with Crippen molar-refractivity contribution < 1.29 is 4.79 Å². The zero-order chi connectivity index (χ0) is 16.8. The molecule has 1 fully saturated rings. The van der Waals surface area contributed by atoms with Crippen LogP contribution in [0.15, 0.2) is 36.9 Å². The maximum atomic E-state index is 12.2. The van der Waals surface area contributed by atoms with Crippen molar-refractivity contribution in [2.75, 3.05) is 13.1 Å². The molecule has 2 atom stereocenters. The van der Waals surface area contributed by atoms with Crippen molar-refractivity contribution in [2.24, 2.45) is 11.8 Å². The van der Waals surface area contributed by atoms with E-state index in [4.69, 9.17) is 0 Å². The highest BCUT2D eigenvalue weighted by Crippen LogP contribution is 2.22. The molecular weight excluding hydrogens is 302 g/mol. The van der Waals surface area contributed by atoms with Crippen molar-refractivity contribution in [3.05, 3.63) is 42.5 Å². The third-order valence-corrected chi connectivity index (χ3v) is 4.73. The first kappa shape index (κ1) is 16.6. The number of hydrogen-bond acceptors (Lipinski definition) is 4. The number of aromatic nitrogens is 3. The van der Waals surface area contributed by atoms with E-state index < -0.39 is 0 Å². The van der Waals surface area contributed by atoms with Crippen molar-refractivity contribution in [1.82, 2.24) is 25.4 Å².